The molecule has 0 bridgehead atoms. The zero-order chi connectivity index (χ0) is 17.9. The highest BCUT2D eigenvalue weighted by Crippen LogP contribution is 2.20. The van der Waals surface area contributed by atoms with Crippen LogP contribution in [0.2, 0.25) is 0 Å². The van der Waals surface area contributed by atoms with Gasteiger partial charge in [0.1, 0.15) is 0 Å². The van der Waals surface area contributed by atoms with E-state index in [4.69, 9.17) is 0 Å². The fraction of sp³-hybridized carbons (Fsp3) is 0.0909. The minimum atomic E-state index is -0.0849. The average molecular weight is 341 g/mol. The molecule has 0 aliphatic rings. The lowest BCUT2D eigenvalue weighted by Crippen LogP contribution is -2.26. The van der Waals surface area contributed by atoms with E-state index in [2.05, 4.69) is 10.3 Å². The van der Waals surface area contributed by atoms with E-state index in [1.165, 1.54) is 0 Å². The van der Waals surface area contributed by atoms with E-state index in [1.54, 1.807) is 12.5 Å². The molecule has 0 spiro atoms. The Labute approximate surface area is 152 Å². The van der Waals surface area contributed by atoms with Crippen LogP contribution in [-0.2, 0) is 0 Å². The van der Waals surface area contributed by atoms with Gasteiger partial charge in [-0.05, 0) is 41.5 Å². The Morgan fingerprint density at radius 3 is 2.54 bits per heavy atom. The quantitative estimate of drug-likeness (QED) is 0.593. The molecule has 0 saturated heterocycles. The van der Waals surface area contributed by atoms with Crippen molar-refractivity contribution < 1.29 is 4.79 Å². The topological polar surface area (TPSA) is 46.9 Å². The van der Waals surface area contributed by atoms with Crippen LogP contribution in [0.15, 0.2) is 85.5 Å². The number of amides is 1. The normalized spacial score (nSPS) is 12.0. The fourth-order valence-corrected chi connectivity index (χ4v) is 3.13. The largest absolute Gasteiger partial charge is 0.345 e. The number of carbonyl (C=O) groups is 1. The molecule has 0 aliphatic heterocycles. The van der Waals surface area contributed by atoms with Crippen molar-refractivity contribution >= 4 is 16.7 Å². The third-order valence-corrected chi connectivity index (χ3v) is 4.58. The van der Waals surface area contributed by atoms with Gasteiger partial charge < -0.3 is 9.88 Å². The van der Waals surface area contributed by atoms with Gasteiger partial charge in [0.15, 0.2) is 0 Å². The van der Waals surface area contributed by atoms with Gasteiger partial charge in [0.05, 0.1) is 12.4 Å². The molecule has 3 aromatic carbocycles. The Balaban J connectivity index is 1.54. The van der Waals surface area contributed by atoms with E-state index in [0.29, 0.717) is 5.56 Å². The molecule has 4 rings (SSSR count). The number of fused-ring (bicyclic) bond motifs is 1. The van der Waals surface area contributed by atoms with Crippen LogP contribution >= 0.6 is 0 Å². The van der Waals surface area contributed by atoms with Crippen LogP contribution in [0, 0.1) is 0 Å². The van der Waals surface area contributed by atoms with Crippen molar-refractivity contribution in [1.29, 1.82) is 0 Å². The van der Waals surface area contributed by atoms with E-state index in [0.717, 1.165) is 22.0 Å². The zero-order valence-corrected chi connectivity index (χ0v) is 14.5. The highest BCUT2D eigenvalue weighted by Gasteiger charge is 2.13. The van der Waals surface area contributed by atoms with Gasteiger partial charge in [-0.1, -0.05) is 48.5 Å². The predicted octanol–water partition coefficient (Wildman–Crippen LogP) is 4.52. The zero-order valence-electron chi connectivity index (χ0n) is 14.5. The van der Waals surface area contributed by atoms with E-state index in [9.17, 15) is 4.79 Å². The number of rotatable bonds is 4. The summed E-state index contributed by atoms with van der Waals surface area (Å²) in [5.41, 5.74) is 2.80. The summed E-state index contributed by atoms with van der Waals surface area (Å²) in [6.07, 6.45) is 5.42. The van der Waals surface area contributed by atoms with Crippen LogP contribution in [-0.4, -0.2) is 15.5 Å². The molecule has 4 aromatic rings. The molecule has 1 N–H and O–H groups in total. The number of imidazole rings is 1. The van der Waals surface area contributed by atoms with Crippen molar-refractivity contribution in [3.8, 4) is 5.69 Å². The Kier molecular flexibility index (Phi) is 4.23. The molecule has 0 unspecified atom stereocenters. The number of aromatic nitrogens is 2. The SMILES string of the molecule is C[C@@H](NC(=O)c1cccc2ccccc12)c1ccc(-n2ccnc2)cc1. The molecule has 4 nitrogen and oxygen atoms in total. The lowest BCUT2D eigenvalue weighted by Gasteiger charge is -2.16. The van der Waals surface area contributed by atoms with Gasteiger partial charge in [0.2, 0.25) is 0 Å². The Morgan fingerprint density at radius 2 is 1.77 bits per heavy atom. The van der Waals surface area contributed by atoms with Crippen LogP contribution in [0.3, 0.4) is 0 Å². The van der Waals surface area contributed by atoms with E-state index < -0.39 is 0 Å². The number of carbonyl (C=O) groups excluding carboxylic acids is 1. The third-order valence-electron chi connectivity index (χ3n) is 4.58. The molecule has 1 heterocycles. The van der Waals surface area contributed by atoms with Gasteiger partial charge >= 0.3 is 0 Å². The molecule has 0 saturated carbocycles. The summed E-state index contributed by atoms with van der Waals surface area (Å²) < 4.78 is 1.95. The van der Waals surface area contributed by atoms with Crippen molar-refractivity contribution in [3.05, 3.63) is 96.6 Å². The maximum Gasteiger partial charge on any atom is 0.252 e. The summed E-state index contributed by atoms with van der Waals surface area (Å²) in [4.78, 5) is 16.8. The van der Waals surface area contributed by atoms with E-state index >= 15 is 0 Å². The first kappa shape index (κ1) is 16.1. The van der Waals surface area contributed by atoms with Gasteiger partial charge in [0, 0.05) is 23.6 Å². The molecule has 0 fully saturated rings. The average Bonchev–Trinajstić information content (AvgIpc) is 3.22. The first-order valence-corrected chi connectivity index (χ1v) is 8.59. The maximum atomic E-state index is 12.8. The van der Waals surface area contributed by atoms with Crippen molar-refractivity contribution in [2.24, 2.45) is 0 Å². The minimum Gasteiger partial charge on any atom is -0.345 e. The first-order chi connectivity index (χ1) is 12.7. The number of hydrogen-bond donors (Lipinski definition) is 1. The Morgan fingerprint density at radius 1 is 1.00 bits per heavy atom. The molecular formula is C22H19N3O. The fourth-order valence-electron chi connectivity index (χ4n) is 3.13. The second-order valence-corrected chi connectivity index (χ2v) is 6.28. The van der Waals surface area contributed by atoms with Gasteiger partial charge in [-0.2, -0.15) is 0 Å². The third kappa shape index (κ3) is 3.09. The number of hydrogen-bond acceptors (Lipinski definition) is 2. The van der Waals surface area contributed by atoms with Gasteiger partial charge in [0.25, 0.3) is 5.91 Å². The smallest absolute Gasteiger partial charge is 0.252 e. The molecule has 4 heteroatoms. The van der Waals surface area contributed by atoms with E-state index in [1.807, 2.05) is 84.4 Å². The second kappa shape index (κ2) is 6.84. The molecule has 0 radical (unpaired) electrons. The van der Waals surface area contributed by atoms with E-state index in [-0.39, 0.29) is 11.9 Å². The molecule has 128 valence electrons. The van der Waals surface area contributed by atoms with Gasteiger partial charge in [-0.3, -0.25) is 4.79 Å². The Hall–Kier alpha value is -3.40. The van der Waals surface area contributed by atoms with Crippen molar-refractivity contribution in [2.75, 3.05) is 0 Å². The second-order valence-electron chi connectivity index (χ2n) is 6.28. The maximum absolute atomic E-state index is 12.8. The molecule has 1 atom stereocenters. The summed E-state index contributed by atoms with van der Waals surface area (Å²) in [7, 11) is 0. The van der Waals surface area contributed by atoms with Crippen molar-refractivity contribution in [3.63, 3.8) is 0 Å². The lowest BCUT2D eigenvalue weighted by molar-refractivity contribution is 0.0941. The summed E-state index contributed by atoms with van der Waals surface area (Å²) in [6.45, 7) is 2.00. The molecule has 26 heavy (non-hydrogen) atoms. The number of benzene rings is 3. The summed E-state index contributed by atoms with van der Waals surface area (Å²) >= 11 is 0. The van der Waals surface area contributed by atoms with Crippen molar-refractivity contribution in [2.45, 2.75) is 13.0 Å². The first-order valence-electron chi connectivity index (χ1n) is 8.59. The number of nitrogens with one attached hydrogen (secondary N) is 1. The molecule has 1 aromatic heterocycles. The standard InChI is InChI=1S/C22H19N3O/c1-16(17-9-11-19(12-10-17)25-14-13-23-15-25)24-22(26)21-8-4-6-18-5-2-3-7-20(18)21/h2-16H,1H3,(H,24,26)/t16-/m1/s1. The summed E-state index contributed by atoms with van der Waals surface area (Å²) in [5.74, 6) is -0.0620. The monoisotopic (exact) mass is 341 g/mol. The summed E-state index contributed by atoms with van der Waals surface area (Å²) in [6, 6.07) is 21.8. The highest BCUT2D eigenvalue weighted by atomic mass is 16.1. The van der Waals surface area contributed by atoms with Gasteiger partial charge in [-0.25, -0.2) is 4.98 Å². The van der Waals surface area contributed by atoms with Crippen molar-refractivity contribution in [1.82, 2.24) is 14.9 Å². The molecular weight excluding hydrogens is 322 g/mol. The lowest BCUT2D eigenvalue weighted by atomic mass is 10.0. The Bertz CT molecular complexity index is 1030. The van der Waals surface area contributed by atoms with Crippen LogP contribution < -0.4 is 5.32 Å². The van der Waals surface area contributed by atoms with Crippen LogP contribution in [0.1, 0.15) is 28.9 Å². The number of nitrogens with zero attached hydrogens (tertiary/aromatic N) is 2. The molecule has 1 amide bonds. The van der Waals surface area contributed by atoms with Gasteiger partial charge in [-0.15, -0.1) is 0 Å². The van der Waals surface area contributed by atoms with Crippen LogP contribution in [0.5, 0.6) is 0 Å². The summed E-state index contributed by atoms with van der Waals surface area (Å²) in [5, 5.41) is 5.14. The highest BCUT2D eigenvalue weighted by molar-refractivity contribution is 6.07. The minimum absolute atomic E-state index is 0.0620. The van der Waals surface area contributed by atoms with Crippen LogP contribution in [0.25, 0.3) is 16.5 Å². The van der Waals surface area contributed by atoms with Crippen LogP contribution in [0.4, 0.5) is 0 Å². The predicted molar refractivity (Wildman–Crippen MR) is 103 cm³/mol. The molecule has 0 aliphatic carbocycles.